The molecule has 0 aliphatic rings. The fraction of sp³-hybridized carbons (Fsp3) is 0.154. The van der Waals surface area contributed by atoms with Crippen LogP contribution in [0.2, 0.25) is 5.02 Å². The highest BCUT2D eigenvalue weighted by atomic mass is 79.9. The van der Waals surface area contributed by atoms with Gasteiger partial charge in [-0.15, -0.1) is 0 Å². The first-order chi connectivity index (χ1) is 9.04. The summed E-state index contributed by atoms with van der Waals surface area (Å²) in [6.45, 7) is 0.233. The van der Waals surface area contributed by atoms with Crippen molar-refractivity contribution in [3.63, 3.8) is 0 Å². The lowest BCUT2D eigenvalue weighted by atomic mass is 10.2. The maximum absolute atomic E-state index is 10.9. The van der Waals surface area contributed by atoms with Crippen LogP contribution in [0.1, 0.15) is 5.76 Å². The van der Waals surface area contributed by atoms with Gasteiger partial charge >= 0.3 is 5.97 Å². The molecule has 1 heterocycles. The largest absolute Gasteiger partial charge is 0.480 e. The monoisotopic (exact) mass is 343 g/mol. The molecule has 2 rings (SSSR count). The molecule has 0 aliphatic carbocycles. The third kappa shape index (κ3) is 4.01. The van der Waals surface area contributed by atoms with Gasteiger partial charge in [-0.1, -0.05) is 17.7 Å². The number of benzene rings is 1. The normalized spacial score (nSPS) is 10.4. The summed E-state index contributed by atoms with van der Waals surface area (Å²) < 4.78 is 6.01. The van der Waals surface area contributed by atoms with Gasteiger partial charge in [0.1, 0.15) is 12.3 Å². The van der Waals surface area contributed by atoms with E-state index in [1.165, 1.54) is 0 Å². The second-order valence-corrected chi connectivity index (χ2v) is 5.15. The van der Waals surface area contributed by atoms with Crippen molar-refractivity contribution in [3.8, 4) is 0 Å². The van der Waals surface area contributed by atoms with E-state index in [-0.39, 0.29) is 6.54 Å². The van der Waals surface area contributed by atoms with Crippen LogP contribution < -0.4 is 4.90 Å². The number of furan rings is 1. The van der Waals surface area contributed by atoms with Gasteiger partial charge < -0.3 is 14.4 Å². The molecule has 4 nitrogen and oxygen atoms in total. The topological polar surface area (TPSA) is 53.7 Å². The summed E-state index contributed by atoms with van der Waals surface area (Å²) >= 11 is 9.15. The second kappa shape index (κ2) is 6.12. The molecular formula is C13H11BrClNO3. The molecule has 0 bridgehead atoms. The molecule has 0 saturated heterocycles. The summed E-state index contributed by atoms with van der Waals surface area (Å²) in [5.74, 6) is -0.237. The molecule has 0 fully saturated rings. The lowest BCUT2D eigenvalue weighted by molar-refractivity contribution is -0.135. The van der Waals surface area contributed by atoms with E-state index < -0.39 is 5.97 Å². The SMILES string of the molecule is O=C(O)CN(Cc1ccc(Br)o1)c1cccc(Cl)c1. The van der Waals surface area contributed by atoms with Crippen molar-refractivity contribution in [2.24, 2.45) is 0 Å². The second-order valence-electron chi connectivity index (χ2n) is 3.94. The molecule has 6 heteroatoms. The van der Waals surface area contributed by atoms with Crippen LogP contribution in [-0.2, 0) is 11.3 Å². The summed E-state index contributed by atoms with van der Waals surface area (Å²) in [5.41, 5.74) is 0.738. The number of aliphatic carboxylic acids is 1. The molecule has 0 spiro atoms. The molecule has 1 N–H and O–H groups in total. The first kappa shape index (κ1) is 14.0. The predicted molar refractivity (Wildman–Crippen MR) is 76.5 cm³/mol. The molecule has 0 amide bonds. The Kier molecular flexibility index (Phi) is 4.50. The van der Waals surface area contributed by atoms with Crippen molar-refractivity contribution in [1.29, 1.82) is 0 Å². The summed E-state index contributed by atoms with van der Waals surface area (Å²) in [4.78, 5) is 12.6. The maximum Gasteiger partial charge on any atom is 0.323 e. The van der Waals surface area contributed by atoms with Crippen LogP contribution in [0.15, 0.2) is 45.5 Å². The van der Waals surface area contributed by atoms with E-state index in [2.05, 4.69) is 15.9 Å². The van der Waals surface area contributed by atoms with E-state index in [0.29, 0.717) is 22.0 Å². The fourth-order valence-corrected chi connectivity index (χ4v) is 2.22. The molecule has 100 valence electrons. The zero-order chi connectivity index (χ0) is 13.8. The van der Waals surface area contributed by atoms with Gasteiger partial charge in [-0.2, -0.15) is 0 Å². The molecular weight excluding hydrogens is 334 g/mol. The van der Waals surface area contributed by atoms with Crippen LogP contribution in [-0.4, -0.2) is 17.6 Å². The van der Waals surface area contributed by atoms with Crippen LogP contribution in [0.5, 0.6) is 0 Å². The molecule has 0 atom stereocenters. The van der Waals surface area contributed by atoms with E-state index in [9.17, 15) is 4.79 Å². The summed E-state index contributed by atoms with van der Waals surface area (Å²) in [6.07, 6.45) is 0. The molecule has 0 radical (unpaired) electrons. The van der Waals surface area contributed by atoms with E-state index in [1.807, 2.05) is 6.07 Å². The average molecular weight is 345 g/mol. The van der Waals surface area contributed by atoms with Gasteiger partial charge in [0.25, 0.3) is 0 Å². The number of carboxylic acid groups (broad SMARTS) is 1. The van der Waals surface area contributed by atoms with Crippen molar-refractivity contribution >= 4 is 39.2 Å². The van der Waals surface area contributed by atoms with E-state index in [4.69, 9.17) is 21.1 Å². The van der Waals surface area contributed by atoms with Gasteiger partial charge in [-0.25, -0.2) is 0 Å². The highest BCUT2D eigenvalue weighted by molar-refractivity contribution is 9.10. The first-order valence-corrected chi connectivity index (χ1v) is 6.68. The Morgan fingerprint density at radius 2 is 2.16 bits per heavy atom. The van der Waals surface area contributed by atoms with Gasteiger partial charge in [0.2, 0.25) is 0 Å². The fourth-order valence-electron chi connectivity index (χ4n) is 1.70. The van der Waals surface area contributed by atoms with Gasteiger partial charge in [-0.3, -0.25) is 4.79 Å². The van der Waals surface area contributed by atoms with Gasteiger partial charge in [0.15, 0.2) is 4.67 Å². The lowest BCUT2D eigenvalue weighted by Crippen LogP contribution is -2.28. The summed E-state index contributed by atoms with van der Waals surface area (Å²) in [7, 11) is 0. The molecule has 0 aliphatic heterocycles. The van der Waals surface area contributed by atoms with Crippen molar-refractivity contribution in [2.45, 2.75) is 6.54 Å². The average Bonchev–Trinajstić information content (AvgIpc) is 2.73. The molecule has 19 heavy (non-hydrogen) atoms. The Balaban J connectivity index is 2.22. The quantitative estimate of drug-likeness (QED) is 0.896. The van der Waals surface area contributed by atoms with Crippen LogP contribution in [0.25, 0.3) is 0 Å². The number of carbonyl (C=O) groups is 1. The van der Waals surface area contributed by atoms with Crippen molar-refractivity contribution in [2.75, 3.05) is 11.4 Å². The van der Waals surface area contributed by atoms with Crippen LogP contribution >= 0.6 is 27.5 Å². The third-order valence-corrected chi connectivity index (χ3v) is 3.14. The highest BCUT2D eigenvalue weighted by Gasteiger charge is 2.13. The Morgan fingerprint density at radius 1 is 1.37 bits per heavy atom. The Bertz CT molecular complexity index is 585. The molecule has 0 saturated carbocycles. The summed E-state index contributed by atoms with van der Waals surface area (Å²) in [6, 6.07) is 10.6. The first-order valence-electron chi connectivity index (χ1n) is 5.51. The minimum absolute atomic E-state index is 0.126. The Hall–Kier alpha value is -1.46. The number of nitrogens with zero attached hydrogens (tertiary/aromatic N) is 1. The summed E-state index contributed by atoms with van der Waals surface area (Å²) in [5, 5.41) is 9.55. The van der Waals surface area contributed by atoms with Gasteiger partial charge in [0.05, 0.1) is 6.54 Å². The van der Waals surface area contributed by atoms with Crippen LogP contribution in [0, 0.1) is 0 Å². The van der Waals surface area contributed by atoms with Gasteiger partial charge in [-0.05, 0) is 46.3 Å². The molecule has 0 unspecified atom stereocenters. The zero-order valence-corrected chi connectivity index (χ0v) is 12.2. The van der Waals surface area contributed by atoms with Crippen LogP contribution in [0.3, 0.4) is 0 Å². The Morgan fingerprint density at radius 3 is 2.74 bits per heavy atom. The third-order valence-electron chi connectivity index (χ3n) is 2.48. The molecule has 1 aromatic heterocycles. The molecule has 1 aromatic carbocycles. The Labute approximate surface area is 123 Å². The maximum atomic E-state index is 10.9. The minimum Gasteiger partial charge on any atom is -0.480 e. The van der Waals surface area contributed by atoms with Crippen LogP contribution in [0.4, 0.5) is 5.69 Å². The lowest BCUT2D eigenvalue weighted by Gasteiger charge is -2.21. The smallest absolute Gasteiger partial charge is 0.323 e. The number of hydrogen-bond donors (Lipinski definition) is 1. The zero-order valence-electron chi connectivity index (χ0n) is 9.85. The number of hydrogen-bond acceptors (Lipinski definition) is 3. The number of anilines is 1. The standard InChI is InChI=1S/C13H11BrClNO3/c14-12-5-4-11(19-12)7-16(8-13(17)18)10-3-1-2-9(15)6-10/h1-6H,7-8H2,(H,17,18). The number of rotatable bonds is 5. The predicted octanol–water partition coefficient (Wildman–Crippen LogP) is 3.79. The molecule has 2 aromatic rings. The van der Waals surface area contributed by atoms with Crippen molar-refractivity contribution < 1.29 is 14.3 Å². The number of carboxylic acids is 1. The van der Waals surface area contributed by atoms with Crippen molar-refractivity contribution in [1.82, 2.24) is 0 Å². The highest BCUT2D eigenvalue weighted by Crippen LogP contribution is 2.23. The van der Waals surface area contributed by atoms with E-state index in [1.54, 1.807) is 35.2 Å². The minimum atomic E-state index is -0.911. The van der Waals surface area contributed by atoms with E-state index >= 15 is 0 Å². The van der Waals surface area contributed by atoms with Crippen molar-refractivity contribution in [3.05, 3.63) is 51.9 Å². The van der Waals surface area contributed by atoms with Gasteiger partial charge in [0, 0.05) is 10.7 Å². The van der Waals surface area contributed by atoms with E-state index in [0.717, 1.165) is 5.69 Å². The number of halogens is 2.